The first-order chi connectivity index (χ1) is 10.0. The SMILES string of the molecule is CNc1ccccc1S(=O)(=O)NCCc1ccc(Cl)cc1. The lowest BCUT2D eigenvalue weighted by Crippen LogP contribution is -2.26. The summed E-state index contributed by atoms with van der Waals surface area (Å²) in [5.74, 6) is 0. The third-order valence-corrected chi connectivity index (χ3v) is 4.84. The Kier molecular flexibility index (Phi) is 5.22. The van der Waals surface area contributed by atoms with E-state index in [0.29, 0.717) is 23.7 Å². The van der Waals surface area contributed by atoms with Crippen LogP contribution in [0.25, 0.3) is 0 Å². The van der Waals surface area contributed by atoms with Crippen LogP contribution < -0.4 is 10.0 Å². The molecule has 0 atom stereocenters. The van der Waals surface area contributed by atoms with Crippen LogP contribution in [0.15, 0.2) is 53.4 Å². The lowest BCUT2D eigenvalue weighted by Gasteiger charge is -2.11. The van der Waals surface area contributed by atoms with Gasteiger partial charge >= 0.3 is 0 Å². The highest BCUT2D eigenvalue weighted by molar-refractivity contribution is 7.89. The van der Waals surface area contributed by atoms with Gasteiger partial charge in [-0.05, 0) is 36.2 Å². The lowest BCUT2D eigenvalue weighted by atomic mass is 10.2. The summed E-state index contributed by atoms with van der Waals surface area (Å²) >= 11 is 5.81. The van der Waals surface area contributed by atoms with E-state index in [9.17, 15) is 8.42 Å². The predicted octanol–water partition coefficient (Wildman–Crippen LogP) is 2.90. The third-order valence-electron chi connectivity index (χ3n) is 3.06. The minimum absolute atomic E-state index is 0.253. The molecule has 0 amide bonds. The van der Waals surface area contributed by atoms with Crippen LogP contribution in [0.2, 0.25) is 5.02 Å². The molecular formula is C15H17ClN2O2S. The first-order valence-electron chi connectivity index (χ1n) is 6.54. The van der Waals surface area contributed by atoms with Gasteiger partial charge in [0.2, 0.25) is 10.0 Å². The van der Waals surface area contributed by atoms with Crippen molar-refractivity contribution in [1.29, 1.82) is 0 Å². The zero-order chi connectivity index (χ0) is 15.3. The van der Waals surface area contributed by atoms with Crippen LogP contribution in [-0.2, 0) is 16.4 Å². The molecule has 112 valence electrons. The van der Waals surface area contributed by atoms with Crippen LogP contribution in [0.5, 0.6) is 0 Å². The number of benzene rings is 2. The summed E-state index contributed by atoms with van der Waals surface area (Å²) in [5, 5.41) is 3.55. The number of hydrogen-bond acceptors (Lipinski definition) is 3. The molecule has 0 bridgehead atoms. The fourth-order valence-electron chi connectivity index (χ4n) is 1.97. The van der Waals surface area contributed by atoms with Crippen LogP contribution in [-0.4, -0.2) is 22.0 Å². The van der Waals surface area contributed by atoms with E-state index >= 15 is 0 Å². The summed E-state index contributed by atoms with van der Waals surface area (Å²) < 4.78 is 27.2. The van der Waals surface area contributed by atoms with Gasteiger partial charge in [0.05, 0.1) is 5.69 Å². The van der Waals surface area contributed by atoms with Gasteiger partial charge in [-0.2, -0.15) is 0 Å². The van der Waals surface area contributed by atoms with E-state index in [1.54, 1.807) is 43.4 Å². The van der Waals surface area contributed by atoms with E-state index < -0.39 is 10.0 Å². The number of nitrogens with one attached hydrogen (secondary N) is 2. The molecule has 2 aromatic carbocycles. The largest absolute Gasteiger partial charge is 0.387 e. The van der Waals surface area contributed by atoms with Crippen molar-refractivity contribution in [2.24, 2.45) is 0 Å². The fraction of sp³-hybridized carbons (Fsp3) is 0.200. The van der Waals surface area contributed by atoms with Gasteiger partial charge in [0.15, 0.2) is 0 Å². The minimum Gasteiger partial charge on any atom is -0.387 e. The summed E-state index contributed by atoms with van der Waals surface area (Å²) in [6.07, 6.45) is 0.609. The Balaban J connectivity index is 2.03. The van der Waals surface area contributed by atoms with Crippen LogP contribution in [0, 0.1) is 0 Å². The van der Waals surface area contributed by atoms with Crippen molar-refractivity contribution in [3.8, 4) is 0 Å². The van der Waals surface area contributed by atoms with Crippen molar-refractivity contribution >= 4 is 27.3 Å². The van der Waals surface area contributed by atoms with E-state index in [-0.39, 0.29) is 4.90 Å². The number of rotatable bonds is 6. The number of anilines is 1. The molecule has 0 fully saturated rings. The van der Waals surface area contributed by atoms with Crippen molar-refractivity contribution in [2.45, 2.75) is 11.3 Å². The second-order valence-electron chi connectivity index (χ2n) is 4.52. The zero-order valence-electron chi connectivity index (χ0n) is 11.6. The summed E-state index contributed by atoms with van der Waals surface area (Å²) in [7, 11) is -1.82. The Morgan fingerprint density at radius 3 is 2.38 bits per heavy atom. The molecule has 4 nitrogen and oxygen atoms in total. The number of sulfonamides is 1. The van der Waals surface area contributed by atoms with Crippen molar-refractivity contribution in [3.05, 3.63) is 59.1 Å². The molecule has 0 aliphatic carbocycles. The van der Waals surface area contributed by atoms with E-state index in [0.717, 1.165) is 5.56 Å². The molecule has 6 heteroatoms. The molecule has 0 unspecified atom stereocenters. The summed E-state index contributed by atoms with van der Waals surface area (Å²) in [4.78, 5) is 0.253. The van der Waals surface area contributed by atoms with Crippen LogP contribution in [0.1, 0.15) is 5.56 Å². The molecule has 0 saturated heterocycles. The smallest absolute Gasteiger partial charge is 0.242 e. The molecule has 0 radical (unpaired) electrons. The average Bonchev–Trinajstić information content (AvgIpc) is 2.49. The normalized spacial score (nSPS) is 11.3. The Morgan fingerprint density at radius 1 is 1.05 bits per heavy atom. The van der Waals surface area contributed by atoms with Gasteiger partial charge in [-0.15, -0.1) is 0 Å². The Morgan fingerprint density at radius 2 is 1.71 bits per heavy atom. The van der Waals surface area contributed by atoms with Gasteiger partial charge in [-0.1, -0.05) is 35.9 Å². The Hall–Kier alpha value is -1.56. The molecule has 21 heavy (non-hydrogen) atoms. The van der Waals surface area contributed by atoms with E-state index in [4.69, 9.17) is 11.6 Å². The Bertz CT molecular complexity index is 700. The molecule has 0 aromatic heterocycles. The van der Waals surface area contributed by atoms with E-state index in [1.165, 1.54) is 0 Å². The van der Waals surface area contributed by atoms with Crippen molar-refractivity contribution in [1.82, 2.24) is 4.72 Å². The van der Waals surface area contributed by atoms with Gasteiger partial charge in [0.1, 0.15) is 4.90 Å². The van der Waals surface area contributed by atoms with Crippen molar-refractivity contribution < 1.29 is 8.42 Å². The van der Waals surface area contributed by atoms with Crippen LogP contribution >= 0.6 is 11.6 Å². The maximum atomic E-state index is 12.3. The van der Waals surface area contributed by atoms with Crippen LogP contribution in [0.4, 0.5) is 5.69 Å². The first kappa shape index (κ1) is 15.8. The second-order valence-corrected chi connectivity index (χ2v) is 6.69. The van der Waals surface area contributed by atoms with Crippen molar-refractivity contribution in [2.75, 3.05) is 18.9 Å². The molecule has 0 saturated carbocycles. The quantitative estimate of drug-likeness (QED) is 0.859. The monoisotopic (exact) mass is 324 g/mol. The molecule has 2 aromatic rings. The summed E-state index contributed by atoms with van der Waals surface area (Å²) in [6, 6.07) is 14.2. The lowest BCUT2D eigenvalue weighted by molar-refractivity contribution is 0.582. The van der Waals surface area contributed by atoms with Crippen LogP contribution in [0.3, 0.4) is 0 Å². The van der Waals surface area contributed by atoms with Gasteiger partial charge in [-0.25, -0.2) is 13.1 Å². The highest BCUT2D eigenvalue weighted by atomic mass is 35.5. The van der Waals surface area contributed by atoms with Gasteiger partial charge in [-0.3, -0.25) is 0 Å². The van der Waals surface area contributed by atoms with Gasteiger partial charge < -0.3 is 5.32 Å². The summed E-state index contributed by atoms with van der Waals surface area (Å²) in [6.45, 7) is 0.335. The molecule has 0 heterocycles. The maximum Gasteiger partial charge on any atom is 0.242 e. The molecule has 2 rings (SSSR count). The fourth-order valence-corrected chi connectivity index (χ4v) is 3.34. The standard InChI is InChI=1S/C15H17ClN2O2S/c1-17-14-4-2-3-5-15(14)21(19,20)18-11-10-12-6-8-13(16)9-7-12/h2-9,17-18H,10-11H2,1H3. The predicted molar refractivity (Wildman–Crippen MR) is 86.3 cm³/mol. The van der Waals surface area contributed by atoms with E-state index in [2.05, 4.69) is 10.0 Å². The first-order valence-corrected chi connectivity index (χ1v) is 8.40. The maximum absolute atomic E-state index is 12.3. The minimum atomic E-state index is -3.52. The average molecular weight is 325 g/mol. The van der Waals surface area contributed by atoms with E-state index in [1.807, 2.05) is 12.1 Å². The Labute approximate surface area is 130 Å². The zero-order valence-corrected chi connectivity index (χ0v) is 13.2. The van der Waals surface area contributed by atoms with Gasteiger partial charge in [0.25, 0.3) is 0 Å². The second kappa shape index (κ2) is 6.93. The van der Waals surface area contributed by atoms with Gasteiger partial charge in [0, 0.05) is 18.6 Å². The number of halogens is 1. The topological polar surface area (TPSA) is 58.2 Å². The molecule has 0 spiro atoms. The highest BCUT2D eigenvalue weighted by Gasteiger charge is 2.16. The molecular weight excluding hydrogens is 308 g/mol. The molecule has 0 aliphatic heterocycles. The summed E-state index contributed by atoms with van der Waals surface area (Å²) in [5.41, 5.74) is 1.61. The molecule has 0 aliphatic rings. The number of para-hydroxylation sites is 1. The van der Waals surface area contributed by atoms with Crippen molar-refractivity contribution in [3.63, 3.8) is 0 Å². The highest BCUT2D eigenvalue weighted by Crippen LogP contribution is 2.19. The number of hydrogen-bond donors (Lipinski definition) is 2. The molecule has 2 N–H and O–H groups in total. The third kappa shape index (κ3) is 4.20.